The van der Waals surface area contributed by atoms with Gasteiger partial charge in [0.2, 0.25) is 0 Å². The fourth-order valence-corrected chi connectivity index (χ4v) is 5.47. The zero-order valence-corrected chi connectivity index (χ0v) is 22.4. The number of nitrogens with one attached hydrogen (secondary N) is 1. The number of imidazole rings is 1. The van der Waals surface area contributed by atoms with Crippen LogP contribution in [0.3, 0.4) is 0 Å². The normalized spacial score (nSPS) is 20.3. The summed E-state index contributed by atoms with van der Waals surface area (Å²) in [6.45, 7) is 5.61. The van der Waals surface area contributed by atoms with Crippen LogP contribution in [0.15, 0.2) is 67.1 Å². The molecule has 12 heteroatoms. The summed E-state index contributed by atoms with van der Waals surface area (Å²) < 4.78 is 40.8. The SMILES string of the molecule is C#C[C@@]1(c2nc(-c3ccc(C(=O)Nc4cc(C(F)(F)F)ccn4)cc3)c3c(N)nccn23)CC[C@@](C)(C(=C)C(=O)O)C1. The maximum Gasteiger partial charge on any atom is 0.416 e. The van der Waals surface area contributed by atoms with E-state index in [1.165, 1.54) is 18.3 Å². The molecule has 3 aromatic heterocycles. The number of hydrogen-bond donors (Lipinski definition) is 3. The van der Waals surface area contributed by atoms with Gasteiger partial charge in [-0.2, -0.15) is 13.2 Å². The van der Waals surface area contributed by atoms with Gasteiger partial charge in [-0.1, -0.05) is 31.6 Å². The third-order valence-corrected chi connectivity index (χ3v) is 7.82. The molecule has 0 radical (unpaired) electrons. The molecule has 0 saturated heterocycles. The summed E-state index contributed by atoms with van der Waals surface area (Å²) in [5.74, 6) is 1.59. The highest BCUT2D eigenvalue weighted by atomic mass is 19.4. The predicted molar refractivity (Wildman–Crippen MR) is 149 cm³/mol. The second-order valence-electron chi connectivity index (χ2n) is 10.5. The number of carbonyl (C=O) groups excluding carboxylic acids is 1. The molecular formula is C30H25F3N6O3. The maximum atomic E-state index is 13.0. The van der Waals surface area contributed by atoms with Crippen molar-refractivity contribution in [2.24, 2.45) is 5.41 Å². The van der Waals surface area contributed by atoms with Gasteiger partial charge in [-0.3, -0.25) is 9.20 Å². The standard InChI is InChI=1S/C30H25F3N6O3/c1-4-29(11-10-28(3,16-29)17(2)26(41)42)27-38-22(23-24(34)36-13-14-39(23)27)18-5-7-19(8-6-18)25(40)37-21-15-20(9-12-35-21)30(31,32)33/h1,5-9,12-15H,2,10-11,16H2,3H3,(H2,34,36)(H,41,42)(H,35,37,40)/t28-,29-/m1/s1. The average Bonchev–Trinajstić information content (AvgIpc) is 3.53. The molecule has 4 N–H and O–H groups in total. The molecule has 1 fully saturated rings. The van der Waals surface area contributed by atoms with Crippen LogP contribution in [-0.2, 0) is 16.4 Å². The van der Waals surface area contributed by atoms with E-state index in [1.807, 2.05) is 6.92 Å². The molecule has 0 unspecified atom stereocenters. The van der Waals surface area contributed by atoms with Crippen LogP contribution in [0.25, 0.3) is 16.8 Å². The molecule has 214 valence electrons. The molecule has 1 aliphatic rings. The molecule has 0 bridgehead atoms. The maximum absolute atomic E-state index is 13.0. The average molecular weight is 575 g/mol. The fraction of sp³-hybridized carbons (Fsp3) is 0.233. The lowest BCUT2D eigenvalue weighted by Gasteiger charge is -2.27. The van der Waals surface area contributed by atoms with Crippen LogP contribution in [0.5, 0.6) is 0 Å². The van der Waals surface area contributed by atoms with Crippen molar-refractivity contribution in [2.45, 2.75) is 37.8 Å². The summed E-state index contributed by atoms with van der Waals surface area (Å²) in [7, 11) is 0. The summed E-state index contributed by atoms with van der Waals surface area (Å²) in [5.41, 5.74) is 5.44. The number of nitrogens with zero attached hydrogens (tertiary/aromatic N) is 4. The zero-order chi connectivity index (χ0) is 30.4. The molecule has 3 heterocycles. The van der Waals surface area contributed by atoms with Crippen molar-refractivity contribution in [1.82, 2.24) is 19.4 Å². The van der Waals surface area contributed by atoms with Gasteiger partial charge in [0.25, 0.3) is 5.91 Å². The second-order valence-corrected chi connectivity index (χ2v) is 10.5. The van der Waals surface area contributed by atoms with Crippen molar-refractivity contribution in [3.8, 4) is 23.6 Å². The first kappa shape index (κ1) is 28.4. The number of carbonyl (C=O) groups is 2. The molecule has 4 aromatic rings. The van der Waals surface area contributed by atoms with Crippen LogP contribution in [0, 0.1) is 17.8 Å². The van der Waals surface area contributed by atoms with E-state index < -0.39 is 34.4 Å². The number of benzene rings is 1. The number of alkyl halides is 3. The largest absolute Gasteiger partial charge is 0.478 e. The molecule has 9 nitrogen and oxygen atoms in total. The van der Waals surface area contributed by atoms with Gasteiger partial charge < -0.3 is 16.2 Å². The van der Waals surface area contributed by atoms with Gasteiger partial charge in [-0.15, -0.1) is 6.42 Å². The van der Waals surface area contributed by atoms with Crippen molar-refractivity contribution in [3.05, 3.63) is 84.1 Å². The number of halogens is 3. The summed E-state index contributed by atoms with van der Waals surface area (Å²) >= 11 is 0. The Morgan fingerprint density at radius 3 is 2.52 bits per heavy atom. The molecule has 0 spiro atoms. The highest BCUT2D eigenvalue weighted by Crippen LogP contribution is 2.54. The van der Waals surface area contributed by atoms with Gasteiger partial charge in [0, 0.05) is 40.7 Å². The van der Waals surface area contributed by atoms with Gasteiger partial charge in [-0.25, -0.2) is 19.7 Å². The van der Waals surface area contributed by atoms with Gasteiger partial charge >= 0.3 is 12.1 Å². The van der Waals surface area contributed by atoms with Crippen LogP contribution in [-0.4, -0.2) is 36.3 Å². The summed E-state index contributed by atoms with van der Waals surface area (Å²) in [6, 6.07) is 7.81. The number of rotatable bonds is 6. The second kappa shape index (κ2) is 10.0. The molecule has 1 amide bonds. The number of pyridine rings is 1. The minimum atomic E-state index is -4.58. The van der Waals surface area contributed by atoms with E-state index in [-0.39, 0.29) is 22.8 Å². The molecule has 1 aliphatic carbocycles. The van der Waals surface area contributed by atoms with E-state index in [2.05, 4.69) is 27.8 Å². The number of terminal acetylenes is 1. The lowest BCUT2D eigenvalue weighted by atomic mass is 9.76. The smallest absolute Gasteiger partial charge is 0.416 e. The Hall–Kier alpha value is -5.18. The first-order valence-electron chi connectivity index (χ1n) is 12.8. The number of fused-ring (bicyclic) bond motifs is 1. The van der Waals surface area contributed by atoms with Gasteiger partial charge in [0.05, 0.1) is 11.0 Å². The molecule has 0 aliphatic heterocycles. The zero-order valence-electron chi connectivity index (χ0n) is 22.4. The van der Waals surface area contributed by atoms with Crippen LogP contribution in [0.2, 0.25) is 0 Å². The van der Waals surface area contributed by atoms with Gasteiger partial charge in [0.1, 0.15) is 28.7 Å². The summed E-state index contributed by atoms with van der Waals surface area (Å²) in [6.07, 6.45) is 6.95. The lowest BCUT2D eigenvalue weighted by Crippen LogP contribution is -2.28. The molecule has 5 rings (SSSR count). The number of carboxylic acid groups (broad SMARTS) is 1. The highest BCUT2D eigenvalue weighted by Gasteiger charge is 2.51. The Morgan fingerprint density at radius 2 is 1.88 bits per heavy atom. The molecule has 1 aromatic carbocycles. The van der Waals surface area contributed by atoms with E-state index in [4.69, 9.17) is 17.1 Å². The molecular weight excluding hydrogens is 549 g/mol. The third kappa shape index (κ3) is 4.83. The number of carboxylic acids is 1. The Morgan fingerprint density at radius 1 is 1.17 bits per heavy atom. The number of aromatic nitrogens is 4. The van der Waals surface area contributed by atoms with E-state index >= 15 is 0 Å². The van der Waals surface area contributed by atoms with Crippen molar-refractivity contribution in [3.63, 3.8) is 0 Å². The Labute approximate surface area is 238 Å². The minimum absolute atomic E-state index is 0.0797. The van der Waals surface area contributed by atoms with Crippen molar-refractivity contribution in [1.29, 1.82) is 0 Å². The minimum Gasteiger partial charge on any atom is -0.478 e. The van der Waals surface area contributed by atoms with Crippen LogP contribution in [0.1, 0.15) is 47.9 Å². The van der Waals surface area contributed by atoms with E-state index in [0.717, 1.165) is 18.3 Å². The Balaban J connectivity index is 1.49. The topological polar surface area (TPSA) is 136 Å². The Bertz CT molecular complexity index is 1790. The number of hydrogen-bond acceptors (Lipinski definition) is 6. The molecule has 1 saturated carbocycles. The first-order valence-corrected chi connectivity index (χ1v) is 12.8. The molecule has 42 heavy (non-hydrogen) atoms. The van der Waals surface area contributed by atoms with Crippen LogP contribution in [0.4, 0.5) is 24.8 Å². The third-order valence-electron chi connectivity index (χ3n) is 7.82. The van der Waals surface area contributed by atoms with Crippen LogP contribution < -0.4 is 11.1 Å². The monoisotopic (exact) mass is 574 g/mol. The quantitative estimate of drug-likeness (QED) is 0.209. The number of nitrogen functional groups attached to an aromatic ring is 1. The van der Waals surface area contributed by atoms with Gasteiger partial charge in [0.15, 0.2) is 0 Å². The summed E-state index contributed by atoms with van der Waals surface area (Å²) in [4.78, 5) is 37.4. The number of anilines is 2. The molecule has 2 atom stereocenters. The van der Waals surface area contributed by atoms with E-state index in [9.17, 15) is 27.9 Å². The highest BCUT2D eigenvalue weighted by molar-refractivity contribution is 6.04. The summed E-state index contributed by atoms with van der Waals surface area (Å²) in [5, 5.41) is 12.0. The Kier molecular flexibility index (Phi) is 6.77. The number of aliphatic carboxylic acids is 1. The predicted octanol–water partition coefficient (Wildman–Crippen LogP) is 5.35. The number of nitrogens with two attached hydrogens (primary N) is 1. The first-order chi connectivity index (χ1) is 19.8. The van der Waals surface area contributed by atoms with Crippen LogP contribution >= 0.6 is 0 Å². The van der Waals surface area contributed by atoms with E-state index in [1.54, 1.807) is 22.7 Å². The van der Waals surface area contributed by atoms with E-state index in [0.29, 0.717) is 41.9 Å². The van der Waals surface area contributed by atoms with Crippen molar-refractivity contribution in [2.75, 3.05) is 11.1 Å². The van der Waals surface area contributed by atoms with Crippen molar-refractivity contribution < 1.29 is 27.9 Å². The number of amides is 1. The van der Waals surface area contributed by atoms with Gasteiger partial charge in [-0.05, 0) is 43.5 Å². The fourth-order valence-electron chi connectivity index (χ4n) is 5.47. The van der Waals surface area contributed by atoms with Crippen molar-refractivity contribution >= 4 is 29.0 Å². The lowest BCUT2D eigenvalue weighted by molar-refractivity contribution is -0.137.